The van der Waals surface area contributed by atoms with E-state index in [0.29, 0.717) is 12.8 Å². The lowest BCUT2D eigenvalue weighted by molar-refractivity contribution is -0.125. The van der Waals surface area contributed by atoms with Crippen LogP contribution in [0, 0.1) is 0 Å². The van der Waals surface area contributed by atoms with Crippen molar-refractivity contribution in [3.63, 3.8) is 0 Å². The van der Waals surface area contributed by atoms with Crippen LogP contribution in [0.1, 0.15) is 37.8 Å². The first kappa shape index (κ1) is 22.2. The van der Waals surface area contributed by atoms with Crippen molar-refractivity contribution in [1.29, 1.82) is 0 Å². The van der Waals surface area contributed by atoms with Gasteiger partial charge in [-0.05, 0) is 57.5 Å². The third-order valence-electron chi connectivity index (χ3n) is 6.14. The summed E-state index contributed by atoms with van der Waals surface area (Å²) in [5.41, 5.74) is 2.96. The zero-order valence-corrected chi connectivity index (χ0v) is 18.3. The van der Waals surface area contributed by atoms with Gasteiger partial charge in [-0.25, -0.2) is 4.79 Å². The van der Waals surface area contributed by atoms with Crippen LogP contribution >= 0.6 is 0 Å². The third-order valence-corrected chi connectivity index (χ3v) is 6.14. The minimum Gasteiger partial charge on any atom is -0.304 e. The Morgan fingerprint density at radius 2 is 1.90 bits per heavy atom. The molecule has 1 saturated heterocycles. The molecule has 2 heterocycles. The van der Waals surface area contributed by atoms with Crippen molar-refractivity contribution in [3.8, 4) is 0 Å². The summed E-state index contributed by atoms with van der Waals surface area (Å²) in [6, 6.07) is 6.10. The standard InChI is InChI=1S/C22H33N5O3/c1-17(6-9-21(29)23-16-28)27-19-8-7-18(15-20(19)25(3)22(27)30)5-4-10-26-13-11-24(2)12-14-26/h7-8,15-17H,4-6,9-14H2,1-3H3,(H,23,28,29). The first-order chi connectivity index (χ1) is 14.4. The van der Waals surface area contributed by atoms with E-state index < -0.39 is 0 Å². The highest BCUT2D eigenvalue weighted by Gasteiger charge is 2.17. The number of aromatic nitrogens is 2. The fraction of sp³-hybridized carbons (Fsp3) is 0.591. The molecule has 1 N–H and O–H groups in total. The number of amides is 2. The molecule has 1 fully saturated rings. The third kappa shape index (κ3) is 5.17. The van der Waals surface area contributed by atoms with Gasteiger partial charge >= 0.3 is 5.69 Å². The average Bonchev–Trinajstić information content (AvgIpc) is 2.98. The van der Waals surface area contributed by atoms with Crippen molar-refractivity contribution in [2.75, 3.05) is 39.8 Å². The van der Waals surface area contributed by atoms with Gasteiger partial charge in [-0.3, -0.25) is 24.0 Å². The number of imide groups is 1. The van der Waals surface area contributed by atoms with Gasteiger partial charge in [-0.15, -0.1) is 0 Å². The van der Waals surface area contributed by atoms with E-state index in [1.165, 1.54) is 5.56 Å². The van der Waals surface area contributed by atoms with Gasteiger partial charge in [-0.2, -0.15) is 0 Å². The minimum atomic E-state index is -0.326. The number of benzene rings is 1. The van der Waals surface area contributed by atoms with Crippen molar-refractivity contribution in [2.24, 2.45) is 7.05 Å². The number of piperazine rings is 1. The van der Waals surface area contributed by atoms with Gasteiger partial charge in [0.1, 0.15) is 0 Å². The van der Waals surface area contributed by atoms with Gasteiger partial charge in [0.15, 0.2) is 0 Å². The Labute approximate surface area is 177 Å². The molecule has 8 heteroatoms. The molecule has 1 aliphatic rings. The normalized spacial score (nSPS) is 16.6. The van der Waals surface area contributed by atoms with E-state index in [2.05, 4.69) is 34.3 Å². The number of imidazole rings is 1. The summed E-state index contributed by atoms with van der Waals surface area (Å²) in [4.78, 5) is 39.6. The van der Waals surface area contributed by atoms with E-state index >= 15 is 0 Å². The molecule has 1 aromatic carbocycles. The van der Waals surface area contributed by atoms with Crippen LogP contribution in [0.5, 0.6) is 0 Å². The summed E-state index contributed by atoms with van der Waals surface area (Å²) < 4.78 is 3.43. The molecule has 30 heavy (non-hydrogen) atoms. The minimum absolute atomic E-state index is 0.0807. The highest BCUT2D eigenvalue weighted by molar-refractivity contribution is 5.85. The Morgan fingerprint density at radius 1 is 1.17 bits per heavy atom. The highest BCUT2D eigenvalue weighted by atomic mass is 16.2. The molecular weight excluding hydrogens is 382 g/mol. The SMILES string of the molecule is CC(CCC(=O)NC=O)n1c(=O)n(C)c2cc(CCCN3CCN(C)CC3)ccc21. The van der Waals surface area contributed by atoms with E-state index in [-0.39, 0.29) is 24.1 Å². The molecule has 0 aliphatic carbocycles. The average molecular weight is 416 g/mol. The number of likely N-dealkylation sites (N-methyl/N-ethyl adjacent to an activating group) is 1. The molecule has 1 unspecified atom stereocenters. The fourth-order valence-electron chi connectivity index (χ4n) is 4.18. The van der Waals surface area contributed by atoms with Crippen LogP contribution in [0.15, 0.2) is 23.0 Å². The van der Waals surface area contributed by atoms with Crippen LogP contribution in [-0.2, 0) is 23.1 Å². The molecule has 0 saturated carbocycles. The molecule has 0 spiro atoms. The quantitative estimate of drug-likeness (QED) is 0.621. The zero-order chi connectivity index (χ0) is 21.7. The number of hydrogen-bond donors (Lipinski definition) is 1. The van der Waals surface area contributed by atoms with Crippen LogP contribution in [0.2, 0.25) is 0 Å². The first-order valence-electron chi connectivity index (χ1n) is 10.7. The molecule has 1 atom stereocenters. The smallest absolute Gasteiger partial charge is 0.304 e. The lowest BCUT2D eigenvalue weighted by Crippen LogP contribution is -2.44. The van der Waals surface area contributed by atoms with Gasteiger partial charge in [0.25, 0.3) is 0 Å². The van der Waals surface area contributed by atoms with Crippen LogP contribution < -0.4 is 11.0 Å². The van der Waals surface area contributed by atoms with Crippen molar-refractivity contribution < 1.29 is 9.59 Å². The second-order valence-corrected chi connectivity index (χ2v) is 8.36. The molecule has 3 rings (SSSR count). The number of carbonyl (C=O) groups excluding carboxylic acids is 2. The topological polar surface area (TPSA) is 79.6 Å². The summed E-state index contributed by atoms with van der Waals surface area (Å²) in [5.74, 6) is -0.326. The maximum absolute atomic E-state index is 12.8. The zero-order valence-electron chi connectivity index (χ0n) is 18.3. The molecule has 2 aromatic rings. The predicted molar refractivity (Wildman–Crippen MR) is 118 cm³/mol. The van der Waals surface area contributed by atoms with E-state index in [0.717, 1.165) is 56.6 Å². The number of nitrogens with one attached hydrogen (secondary N) is 1. The lowest BCUT2D eigenvalue weighted by atomic mass is 10.1. The summed E-state index contributed by atoms with van der Waals surface area (Å²) in [7, 11) is 3.96. The van der Waals surface area contributed by atoms with Gasteiger partial charge in [0, 0.05) is 45.7 Å². The van der Waals surface area contributed by atoms with Crippen LogP contribution in [0.3, 0.4) is 0 Å². The van der Waals surface area contributed by atoms with Crippen molar-refractivity contribution in [2.45, 2.75) is 38.6 Å². The number of hydrogen-bond acceptors (Lipinski definition) is 5. The lowest BCUT2D eigenvalue weighted by Gasteiger charge is -2.32. The molecular formula is C22H33N5O3. The molecule has 1 aromatic heterocycles. The van der Waals surface area contributed by atoms with E-state index in [1.54, 1.807) is 16.2 Å². The molecule has 0 radical (unpaired) electrons. The maximum Gasteiger partial charge on any atom is 0.329 e. The number of fused-ring (bicyclic) bond motifs is 1. The summed E-state index contributed by atoms with van der Waals surface area (Å²) >= 11 is 0. The largest absolute Gasteiger partial charge is 0.329 e. The monoisotopic (exact) mass is 415 g/mol. The summed E-state index contributed by atoms with van der Waals surface area (Å²) in [6.45, 7) is 7.57. The second-order valence-electron chi connectivity index (χ2n) is 8.36. The predicted octanol–water partition coefficient (Wildman–Crippen LogP) is 1.13. The molecule has 164 valence electrons. The highest BCUT2D eigenvalue weighted by Crippen LogP contribution is 2.21. The fourth-order valence-corrected chi connectivity index (χ4v) is 4.18. The van der Waals surface area contributed by atoms with Gasteiger partial charge < -0.3 is 9.80 Å². The van der Waals surface area contributed by atoms with E-state index in [1.807, 2.05) is 13.0 Å². The second kappa shape index (κ2) is 10.0. The van der Waals surface area contributed by atoms with Crippen LogP contribution in [0.4, 0.5) is 0 Å². The Kier molecular flexibility index (Phi) is 7.44. The van der Waals surface area contributed by atoms with Crippen molar-refractivity contribution >= 4 is 23.4 Å². The molecule has 8 nitrogen and oxygen atoms in total. The van der Waals surface area contributed by atoms with Crippen LogP contribution in [-0.4, -0.2) is 71.0 Å². The number of aryl methyl sites for hydroxylation is 2. The van der Waals surface area contributed by atoms with E-state index in [4.69, 9.17) is 0 Å². The van der Waals surface area contributed by atoms with Gasteiger partial charge in [0.05, 0.1) is 11.0 Å². The Hall–Kier alpha value is -2.45. The number of carbonyl (C=O) groups is 2. The first-order valence-corrected chi connectivity index (χ1v) is 10.7. The van der Waals surface area contributed by atoms with Gasteiger partial charge in [0.2, 0.25) is 12.3 Å². The van der Waals surface area contributed by atoms with Gasteiger partial charge in [-0.1, -0.05) is 6.07 Å². The summed E-state index contributed by atoms with van der Waals surface area (Å²) in [5, 5.41) is 2.14. The number of nitrogens with zero attached hydrogens (tertiary/aromatic N) is 4. The Bertz CT molecular complexity index is 940. The molecule has 1 aliphatic heterocycles. The Balaban J connectivity index is 1.66. The Morgan fingerprint density at radius 3 is 2.60 bits per heavy atom. The number of rotatable bonds is 9. The van der Waals surface area contributed by atoms with Crippen molar-refractivity contribution in [1.82, 2.24) is 24.3 Å². The van der Waals surface area contributed by atoms with Crippen molar-refractivity contribution in [3.05, 3.63) is 34.2 Å². The van der Waals surface area contributed by atoms with E-state index in [9.17, 15) is 14.4 Å². The summed E-state index contributed by atoms with van der Waals surface area (Å²) in [6.07, 6.45) is 3.18. The molecule has 2 amide bonds. The van der Waals surface area contributed by atoms with Crippen LogP contribution in [0.25, 0.3) is 11.0 Å². The maximum atomic E-state index is 12.8. The molecule has 0 bridgehead atoms.